The summed E-state index contributed by atoms with van der Waals surface area (Å²) in [5, 5.41) is 13.0. The summed E-state index contributed by atoms with van der Waals surface area (Å²) >= 11 is 1.76. The second-order valence-corrected chi connectivity index (χ2v) is 10.1. The van der Waals surface area contributed by atoms with E-state index in [1.54, 1.807) is 11.8 Å². The van der Waals surface area contributed by atoms with Crippen molar-refractivity contribution in [2.24, 2.45) is 5.73 Å². The molecule has 0 saturated carbocycles. The number of hydrogen-bond acceptors (Lipinski definition) is 5. The molecule has 1 fully saturated rings. The van der Waals surface area contributed by atoms with Crippen LogP contribution in [0.3, 0.4) is 0 Å². The van der Waals surface area contributed by atoms with Gasteiger partial charge in [-0.15, -0.1) is 11.8 Å². The summed E-state index contributed by atoms with van der Waals surface area (Å²) in [4.78, 5) is 14.6. The van der Waals surface area contributed by atoms with Gasteiger partial charge in [-0.1, -0.05) is 0 Å². The Labute approximate surface area is 133 Å². The van der Waals surface area contributed by atoms with Crippen LogP contribution in [0.25, 0.3) is 0 Å². The first-order valence-electron chi connectivity index (χ1n) is 7.47. The number of thioether (sulfide) groups is 1. The molecule has 1 saturated heterocycles. The first kappa shape index (κ1) is 18.7. The highest BCUT2D eigenvalue weighted by atomic mass is 32.2. The molecule has 5 nitrogen and oxygen atoms in total. The van der Waals surface area contributed by atoms with Crippen molar-refractivity contribution in [3.8, 4) is 0 Å². The Bertz CT molecular complexity index is 391. The molecule has 0 aromatic carbocycles. The summed E-state index contributed by atoms with van der Waals surface area (Å²) in [6, 6.07) is -0.294. The van der Waals surface area contributed by atoms with Crippen molar-refractivity contribution in [1.82, 2.24) is 10.2 Å². The molecular formula is C15H31N3O2S. The molecule has 0 spiro atoms. The molecule has 0 aromatic heterocycles. The van der Waals surface area contributed by atoms with Crippen molar-refractivity contribution in [2.45, 2.75) is 75.8 Å². The third-order valence-corrected chi connectivity index (χ3v) is 5.08. The molecule has 0 aliphatic carbocycles. The van der Waals surface area contributed by atoms with Gasteiger partial charge < -0.3 is 16.2 Å². The molecule has 1 aliphatic rings. The van der Waals surface area contributed by atoms with Crippen LogP contribution >= 0.6 is 11.8 Å². The minimum absolute atomic E-state index is 0.00907. The van der Waals surface area contributed by atoms with Gasteiger partial charge in [0.25, 0.3) is 0 Å². The molecular weight excluding hydrogens is 286 g/mol. The van der Waals surface area contributed by atoms with Crippen LogP contribution in [0.5, 0.6) is 0 Å². The van der Waals surface area contributed by atoms with Gasteiger partial charge in [-0.25, -0.2) is 0 Å². The van der Waals surface area contributed by atoms with Gasteiger partial charge in [-0.2, -0.15) is 0 Å². The van der Waals surface area contributed by atoms with Gasteiger partial charge in [0.05, 0.1) is 11.0 Å². The van der Waals surface area contributed by atoms with E-state index in [0.717, 1.165) is 0 Å². The van der Waals surface area contributed by atoms with Crippen molar-refractivity contribution < 1.29 is 9.90 Å². The van der Waals surface area contributed by atoms with Crippen LogP contribution in [-0.4, -0.2) is 56.3 Å². The van der Waals surface area contributed by atoms with Gasteiger partial charge in [-0.05, 0) is 48.5 Å². The number of carbonyl (C=O) groups excluding carboxylic acids is 1. The smallest absolute Gasteiger partial charge is 0.239 e. The predicted molar refractivity (Wildman–Crippen MR) is 89.2 cm³/mol. The lowest BCUT2D eigenvalue weighted by molar-refractivity contribution is -0.129. The van der Waals surface area contributed by atoms with E-state index >= 15 is 0 Å². The van der Waals surface area contributed by atoms with Crippen LogP contribution in [-0.2, 0) is 4.79 Å². The van der Waals surface area contributed by atoms with Crippen LogP contribution in [0.2, 0.25) is 0 Å². The Balaban J connectivity index is 3.06. The molecule has 0 radical (unpaired) electrons. The average molecular weight is 317 g/mol. The molecule has 124 valence electrons. The lowest BCUT2D eigenvalue weighted by Gasteiger charge is -2.37. The van der Waals surface area contributed by atoms with Gasteiger partial charge in [0.15, 0.2) is 0 Å². The fraction of sp³-hybridized carbons (Fsp3) is 0.933. The highest BCUT2D eigenvalue weighted by Crippen LogP contribution is 2.50. The number of hydrogen-bond donors (Lipinski definition) is 3. The fourth-order valence-electron chi connectivity index (χ4n) is 2.97. The van der Waals surface area contributed by atoms with Gasteiger partial charge in [0.2, 0.25) is 5.91 Å². The number of carbonyl (C=O) groups is 1. The van der Waals surface area contributed by atoms with Gasteiger partial charge in [-0.3, -0.25) is 9.69 Å². The normalized spacial score (nSPS) is 26.6. The van der Waals surface area contributed by atoms with Crippen LogP contribution in [0.15, 0.2) is 0 Å². The summed E-state index contributed by atoms with van der Waals surface area (Å²) in [6.07, 6.45) is -0.622. The van der Waals surface area contributed by atoms with E-state index in [1.807, 2.05) is 20.8 Å². The molecule has 1 unspecified atom stereocenters. The SMILES string of the molecule is CC(C)(C)NC(=O)C1N(C[C@@H](O)CN)C(C)(C)SC1(C)C. The third kappa shape index (κ3) is 4.58. The summed E-state index contributed by atoms with van der Waals surface area (Å²) in [5.41, 5.74) is 5.27. The number of nitrogens with two attached hydrogens (primary N) is 1. The molecule has 1 heterocycles. The first-order chi connectivity index (χ1) is 9.30. The number of amides is 1. The van der Waals surface area contributed by atoms with Crippen LogP contribution in [0.1, 0.15) is 48.5 Å². The average Bonchev–Trinajstić information content (AvgIpc) is 2.40. The van der Waals surface area contributed by atoms with Crippen molar-refractivity contribution >= 4 is 17.7 Å². The second kappa shape index (κ2) is 6.07. The van der Waals surface area contributed by atoms with E-state index in [1.165, 1.54) is 0 Å². The van der Waals surface area contributed by atoms with E-state index in [0.29, 0.717) is 6.54 Å². The number of aliphatic hydroxyl groups excluding tert-OH is 1. The van der Waals surface area contributed by atoms with Crippen molar-refractivity contribution in [2.75, 3.05) is 13.1 Å². The third-order valence-electron chi connectivity index (χ3n) is 3.60. The molecule has 1 rings (SSSR count). The van der Waals surface area contributed by atoms with E-state index < -0.39 is 6.10 Å². The lowest BCUT2D eigenvalue weighted by atomic mass is 9.97. The minimum atomic E-state index is -0.622. The number of nitrogens with one attached hydrogen (secondary N) is 1. The quantitative estimate of drug-likeness (QED) is 0.725. The Kier molecular flexibility index (Phi) is 5.42. The van der Waals surface area contributed by atoms with Crippen LogP contribution in [0, 0.1) is 0 Å². The minimum Gasteiger partial charge on any atom is -0.390 e. The first-order valence-corrected chi connectivity index (χ1v) is 8.29. The number of β-amino-alcohol motifs (C(OH)–C–C–N with tert-alkyl or cyclic N) is 1. The molecule has 1 amide bonds. The summed E-state index contributed by atoms with van der Waals surface area (Å²) in [6.45, 7) is 14.9. The summed E-state index contributed by atoms with van der Waals surface area (Å²) in [5.74, 6) is 0.00907. The number of nitrogens with zero attached hydrogens (tertiary/aromatic N) is 1. The Hall–Kier alpha value is -0.300. The molecule has 6 heteroatoms. The number of aliphatic hydroxyl groups is 1. The maximum Gasteiger partial charge on any atom is 0.239 e. The van der Waals surface area contributed by atoms with E-state index in [9.17, 15) is 9.90 Å². The Morgan fingerprint density at radius 3 is 2.33 bits per heavy atom. The second-order valence-electron chi connectivity index (χ2n) is 7.84. The Morgan fingerprint density at radius 2 is 1.90 bits per heavy atom. The molecule has 1 aliphatic heterocycles. The standard InChI is InChI=1S/C15H31N3O2S/c1-13(2,3)17-12(20)11-14(4,5)21-15(6,7)18(11)9-10(19)8-16/h10-11,19H,8-9,16H2,1-7H3,(H,17,20)/t10-,11?/m0/s1. The van der Waals surface area contributed by atoms with Crippen LogP contribution in [0.4, 0.5) is 0 Å². The topological polar surface area (TPSA) is 78.6 Å². The molecule has 0 bridgehead atoms. The van der Waals surface area contributed by atoms with E-state index in [2.05, 4.69) is 37.9 Å². The molecule has 2 atom stereocenters. The van der Waals surface area contributed by atoms with E-state index in [-0.39, 0.29) is 33.7 Å². The zero-order chi connectivity index (χ0) is 16.6. The monoisotopic (exact) mass is 317 g/mol. The maximum absolute atomic E-state index is 12.8. The lowest BCUT2D eigenvalue weighted by Crippen LogP contribution is -2.59. The highest BCUT2D eigenvalue weighted by Gasteiger charge is 2.55. The highest BCUT2D eigenvalue weighted by molar-refractivity contribution is 8.02. The Morgan fingerprint density at radius 1 is 1.38 bits per heavy atom. The van der Waals surface area contributed by atoms with Gasteiger partial charge in [0, 0.05) is 23.4 Å². The summed E-state index contributed by atoms with van der Waals surface area (Å²) in [7, 11) is 0. The van der Waals surface area contributed by atoms with Crippen molar-refractivity contribution in [3.63, 3.8) is 0 Å². The molecule has 0 aromatic rings. The maximum atomic E-state index is 12.8. The predicted octanol–water partition coefficient (Wildman–Crippen LogP) is 1.15. The molecule has 4 N–H and O–H groups in total. The largest absolute Gasteiger partial charge is 0.390 e. The zero-order valence-electron chi connectivity index (χ0n) is 14.4. The van der Waals surface area contributed by atoms with Gasteiger partial charge in [0.1, 0.15) is 6.04 Å². The van der Waals surface area contributed by atoms with Crippen molar-refractivity contribution in [3.05, 3.63) is 0 Å². The van der Waals surface area contributed by atoms with Gasteiger partial charge >= 0.3 is 0 Å². The fourth-order valence-corrected chi connectivity index (χ4v) is 4.90. The molecule has 21 heavy (non-hydrogen) atoms. The van der Waals surface area contributed by atoms with E-state index in [4.69, 9.17) is 5.73 Å². The number of rotatable bonds is 4. The zero-order valence-corrected chi connectivity index (χ0v) is 15.2. The summed E-state index contributed by atoms with van der Waals surface area (Å²) < 4.78 is -0.229. The van der Waals surface area contributed by atoms with Crippen LogP contribution < -0.4 is 11.1 Å². The van der Waals surface area contributed by atoms with Crippen molar-refractivity contribution in [1.29, 1.82) is 0 Å².